The van der Waals surface area contributed by atoms with E-state index in [-0.39, 0.29) is 30.7 Å². The molecule has 0 spiro atoms. The molecule has 0 radical (unpaired) electrons. The third-order valence-corrected chi connectivity index (χ3v) is 6.22. The van der Waals surface area contributed by atoms with Gasteiger partial charge in [0.15, 0.2) is 5.69 Å². The second kappa shape index (κ2) is 8.58. The van der Waals surface area contributed by atoms with Crippen LogP contribution in [-0.2, 0) is 29.7 Å². The summed E-state index contributed by atoms with van der Waals surface area (Å²) in [6, 6.07) is 16.2. The van der Waals surface area contributed by atoms with E-state index >= 15 is 0 Å². The zero-order chi connectivity index (χ0) is 23.8. The molecule has 1 atom stereocenters. The normalized spacial score (nSPS) is 17.5. The molecule has 0 aliphatic carbocycles. The first-order chi connectivity index (χ1) is 16.4. The molecule has 1 fully saturated rings. The monoisotopic (exact) mass is 457 g/mol. The van der Waals surface area contributed by atoms with Crippen LogP contribution in [0.1, 0.15) is 44.8 Å². The Hall–Kier alpha value is -4.27. The predicted octanol–water partition coefficient (Wildman–Crippen LogP) is 1.78. The maximum Gasteiger partial charge on any atom is 0.272 e. The van der Waals surface area contributed by atoms with Crippen molar-refractivity contribution < 1.29 is 19.2 Å². The lowest BCUT2D eigenvalue weighted by Gasteiger charge is -2.29. The summed E-state index contributed by atoms with van der Waals surface area (Å²) in [5.41, 5.74) is 4.31. The zero-order valence-corrected chi connectivity index (χ0v) is 18.6. The van der Waals surface area contributed by atoms with Gasteiger partial charge in [-0.15, -0.1) is 0 Å². The lowest BCUT2D eigenvalue weighted by Crippen LogP contribution is -2.52. The summed E-state index contributed by atoms with van der Waals surface area (Å²) in [5, 5.41) is 9.52. The fourth-order valence-electron chi connectivity index (χ4n) is 4.47. The summed E-state index contributed by atoms with van der Waals surface area (Å²) in [6.45, 7) is 0.568. The molecule has 0 saturated carbocycles. The summed E-state index contributed by atoms with van der Waals surface area (Å²) < 4.78 is 1.68. The number of rotatable bonds is 5. The van der Waals surface area contributed by atoms with E-state index in [0.29, 0.717) is 24.2 Å². The second-order valence-electron chi connectivity index (χ2n) is 8.48. The molecule has 34 heavy (non-hydrogen) atoms. The van der Waals surface area contributed by atoms with Crippen molar-refractivity contribution >= 4 is 23.6 Å². The molecular weight excluding hydrogens is 434 g/mol. The summed E-state index contributed by atoms with van der Waals surface area (Å²) in [6.07, 6.45) is 0.537. The van der Waals surface area contributed by atoms with Crippen LogP contribution in [0.3, 0.4) is 0 Å². The first-order valence-electron chi connectivity index (χ1n) is 11.0. The van der Waals surface area contributed by atoms with Crippen LogP contribution in [0.5, 0.6) is 0 Å². The van der Waals surface area contributed by atoms with Crippen LogP contribution in [0.15, 0.2) is 54.6 Å². The Balaban J connectivity index is 1.26. The van der Waals surface area contributed by atoms with Gasteiger partial charge in [-0.05, 0) is 35.2 Å². The van der Waals surface area contributed by atoms with Crippen molar-refractivity contribution in [2.75, 3.05) is 0 Å². The number of carbonyl (C=O) groups is 4. The molecule has 2 aromatic carbocycles. The maximum absolute atomic E-state index is 12.8. The third kappa shape index (κ3) is 3.96. The summed E-state index contributed by atoms with van der Waals surface area (Å²) in [5.74, 6) is -1.26. The number of hydrogen-bond acceptors (Lipinski definition) is 5. The van der Waals surface area contributed by atoms with Crippen LogP contribution < -0.4 is 10.6 Å². The smallest absolute Gasteiger partial charge is 0.272 e. The Morgan fingerprint density at radius 2 is 1.91 bits per heavy atom. The second-order valence-corrected chi connectivity index (χ2v) is 8.48. The number of amides is 4. The molecule has 3 heterocycles. The molecule has 0 bridgehead atoms. The van der Waals surface area contributed by atoms with E-state index < -0.39 is 11.9 Å². The molecular formula is C25H23N5O4. The Morgan fingerprint density at radius 1 is 1.12 bits per heavy atom. The van der Waals surface area contributed by atoms with Gasteiger partial charge in [-0.2, -0.15) is 5.10 Å². The van der Waals surface area contributed by atoms with Crippen molar-refractivity contribution in [1.82, 2.24) is 25.3 Å². The van der Waals surface area contributed by atoms with Crippen molar-refractivity contribution in [1.29, 1.82) is 0 Å². The predicted molar refractivity (Wildman–Crippen MR) is 122 cm³/mol. The van der Waals surface area contributed by atoms with Crippen LogP contribution in [0.4, 0.5) is 0 Å². The number of fused-ring (bicyclic) bond motifs is 1. The third-order valence-electron chi connectivity index (χ3n) is 6.22. The van der Waals surface area contributed by atoms with Gasteiger partial charge in [0, 0.05) is 32.1 Å². The number of aromatic nitrogens is 2. The fourth-order valence-corrected chi connectivity index (χ4v) is 4.47. The van der Waals surface area contributed by atoms with Crippen LogP contribution in [-0.4, -0.2) is 44.4 Å². The highest BCUT2D eigenvalue weighted by Gasteiger charge is 2.39. The van der Waals surface area contributed by atoms with E-state index in [1.807, 2.05) is 36.4 Å². The van der Waals surface area contributed by atoms with Gasteiger partial charge in [0.05, 0.1) is 5.69 Å². The highest BCUT2D eigenvalue weighted by molar-refractivity contribution is 6.05. The fraction of sp³-hybridized carbons (Fsp3) is 0.240. The van der Waals surface area contributed by atoms with E-state index in [9.17, 15) is 19.2 Å². The molecule has 2 N–H and O–H groups in total. The summed E-state index contributed by atoms with van der Waals surface area (Å²) >= 11 is 0. The van der Waals surface area contributed by atoms with Gasteiger partial charge in [-0.3, -0.25) is 29.2 Å². The largest absolute Gasteiger partial charge is 0.347 e. The Kier molecular flexibility index (Phi) is 5.45. The number of imide groups is 1. The van der Waals surface area contributed by atoms with Crippen LogP contribution in [0.2, 0.25) is 0 Å². The zero-order valence-electron chi connectivity index (χ0n) is 18.6. The average Bonchev–Trinajstić information content (AvgIpc) is 3.38. The van der Waals surface area contributed by atoms with Crippen molar-refractivity contribution in [3.05, 3.63) is 77.0 Å². The van der Waals surface area contributed by atoms with E-state index in [1.165, 1.54) is 4.90 Å². The van der Waals surface area contributed by atoms with Crippen molar-refractivity contribution in [3.63, 3.8) is 0 Å². The Bertz CT molecular complexity index is 1310. The minimum atomic E-state index is -0.649. The molecule has 5 rings (SSSR count). The minimum absolute atomic E-state index is 0.216. The highest BCUT2D eigenvalue weighted by atomic mass is 16.2. The van der Waals surface area contributed by atoms with Gasteiger partial charge in [0.1, 0.15) is 6.04 Å². The molecule has 172 valence electrons. The molecule has 2 aliphatic heterocycles. The lowest BCUT2D eigenvalue weighted by atomic mass is 10.0. The van der Waals surface area contributed by atoms with Crippen molar-refractivity contribution in [3.8, 4) is 11.3 Å². The molecule has 1 aromatic heterocycles. The van der Waals surface area contributed by atoms with Crippen LogP contribution in [0, 0.1) is 0 Å². The first kappa shape index (κ1) is 21.6. The molecule has 1 unspecified atom stereocenters. The molecule has 4 amide bonds. The molecule has 2 aliphatic rings. The van der Waals surface area contributed by atoms with E-state index in [0.717, 1.165) is 22.4 Å². The Morgan fingerprint density at radius 3 is 2.68 bits per heavy atom. The van der Waals surface area contributed by atoms with E-state index in [2.05, 4.69) is 15.7 Å². The molecule has 9 nitrogen and oxygen atoms in total. The lowest BCUT2D eigenvalue weighted by molar-refractivity contribution is -0.136. The quantitative estimate of drug-likeness (QED) is 0.567. The topological polar surface area (TPSA) is 113 Å². The number of benzene rings is 2. The molecule has 9 heteroatoms. The van der Waals surface area contributed by atoms with Crippen molar-refractivity contribution in [2.45, 2.75) is 32.0 Å². The van der Waals surface area contributed by atoms with Crippen LogP contribution in [0.25, 0.3) is 11.3 Å². The maximum atomic E-state index is 12.8. The van der Waals surface area contributed by atoms with Gasteiger partial charge < -0.3 is 10.2 Å². The first-order valence-corrected chi connectivity index (χ1v) is 11.0. The number of aryl methyl sites for hydroxylation is 1. The highest BCUT2D eigenvalue weighted by Crippen LogP contribution is 2.28. The van der Waals surface area contributed by atoms with Gasteiger partial charge in [0.2, 0.25) is 11.8 Å². The van der Waals surface area contributed by atoms with E-state index in [1.54, 1.807) is 29.9 Å². The number of piperidine rings is 1. The molecule has 1 saturated heterocycles. The van der Waals surface area contributed by atoms with E-state index in [4.69, 9.17) is 0 Å². The average molecular weight is 457 g/mol. The summed E-state index contributed by atoms with van der Waals surface area (Å²) in [7, 11) is 1.80. The minimum Gasteiger partial charge on any atom is -0.347 e. The standard InChI is InChI=1S/C25H23N5O4/c1-29-21(16-5-3-2-4-6-16)12-19(28-29)23(32)26-13-15-7-8-18-17(11-15)14-30(25(18)34)20-9-10-22(31)27-24(20)33/h2-8,11-12,20H,9-10,13-14H2,1H3,(H,26,32)(H,27,31,33). The van der Waals surface area contributed by atoms with Crippen molar-refractivity contribution in [2.24, 2.45) is 7.05 Å². The number of carbonyl (C=O) groups excluding carboxylic acids is 4. The van der Waals surface area contributed by atoms with Gasteiger partial charge in [-0.1, -0.05) is 42.5 Å². The van der Waals surface area contributed by atoms with Gasteiger partial charge >= 0.3 is 0 Å². The number of nitrogens with zero attached hydrogens (tertiary/aromatic N) is 3. The van der Waals surface area contributed by atoms with Gasteiger partial charge in [0.25, 0.3) is 11.8 Å². The van der Waals surface area contributed by atoms with Crippen LogP contribution >= 0.6 is 0 Å². The van der Waals surface area contributed by atoms with Gasteiger partial charge in [-0.25, -0.2) is 0 Å². The summed E-state index contributed by atoms with van der Waals surface area (Å²) in [4.78, 5) is 50.7. The number of nitrogens with one attached hydrogen (secondary N) is 2. The molecule has 3 aromatic rings. The SMILES string of the molecule is Cn1nc(C(=O)NCc2ccc3c(c2)CN(C2CCC(=O)NC2=O)C3=O)cc1-c1ccccc1. The Labute approximate surface area is 195 Å². The number of hydrogen-bond donors (Lipinski definition) is 2.